The predicted octanol–water partition coefficient (Wildman–Crippen LogP) is 1.90. The molecule has 1 aliphatic rings. The van der Waals surface area contributed by atoms with Gasteiger partial charge in [-0.15, -0.1) is 0 Å². The van der Waals surface area contributed by atoms with Crippen LogP contribution in [0.25, 0.3) is 0 Å². The van der Waals surface area contributed by atoms with Gasteiger partial charge in [-0.25, -0.2) is 0 Å². The lowest BCUT2D eigenvalue weighted by Gasteiger charge is -2.38. The monoisotopic (exact) mass is 284 g/mol. The maximum Gasteiger partial charge on any atom is 0.311 e. The molecule has 1 amide bonds. The minimum atomic E-state index is -0.861. The predicted molar refractivity (Wildman–Crippen MR) is 78.2 cm³/mol. The highest BCUT2D eigenvalue weighted by molar-refractivity contribution is 5.80. The highest BCUT2D eigenvalue weighted by atomic mass is 16.4. The van der Waals surface area contributed by atoms with E-state index in [0.717, 1.165) is 19.3 Å². The average molecular weight is 284 g/mol. The van der Waals surface area contributed by atoms with Crippen LogP contribution in [0.3, 0.4) is 0 Å². The number of amides is 1. The van der Waals surface area contributed by atoms with Gasteiger partial charge >= 0.3 is 5.97 Å². The van der Waals surface area contributed by atoms with Crippen LogP contribution in [0.2, 0.25) is 0 Å². The molecule has 0 aliphatic heterocycles. The van der Waals surface area contributed by atoms with Crippen molar-refractivity contribution < 1.29 is 14.7 Å². The molecule has 0 radical (unpaired) electrons. The number of nitrogens with one attached hydrogen (secondary N) is 1. The molecule has 0 bridgehead atoms. The first-order valence-corrected chi connectivity index (χ1v) is 7.35. The summed E-state index contributed by atoms with van der Waals surface area (Å²) >= 11 is 0. The SMILES string of the molecule is CC(C)(C)C(N)CC(=O)NC1CCCCC1(C)C(=O)O. The van der Waals surface area contributed by atoms with Gasteiger partial charge in [0.15, 0.2) is 0 Å². The van der Waals surface area contributed by atoms with Crippen molar-refractivity contribution in [3.63, 3.8) is 0 Å². The van der Waals surface area contributed by atoms with Crippen LogP contribution in [0.5, 0.6) is 0 Å². The molecule has 4 N–H and O–H groups in total. The van der Waals surface area contributed by atoms with E-state index in [1.54, 1.807) is 6.92 Å². The second kappa shape index (κ2) is 6.12. The van der Waals surface area contributed by atoms with Crippen LogP contribution in [0, 0.1) is 10.8 Å². The van der Waals surface area contributed by atoms with Gasteiger partial charge in [0, 0.05) is 18.5 Å². The summed E-state index contributed by atoms with van der Waals surface area (Å²) in [7, 11) is 0. The first kappa shape index (κ1) is 17.0. The van der Waals surface area contributed by atoms with E-state index in [2.05, 4.69) is 5.32 Å². The van der Waals surface area contributed by atoms with Crippen LogP contribution in [0.1, 0.15) is 59.8 Å². The highest BCUT2D eigenvalue weighted by Gasteiger charge is 2.44. The number of carboxylic acids is 1. The molecule has 0 aromatic rings. The molecular weight excluding hydrogens is 256 g/mol. The van der Waals surface area contributed by atoms with Crippen molar-refractivity contribution in [3.05, 3.63) is 0 Å². The number of carboxylic acid groups (broad SMARTS) is 1. The van der Waals surface area contributed by atoms with Crippen molar-refractivity contribution in [1.29, 1.82) is 0 Å². The van der Waals surface area contributed by atoms with Gasteiger partial charge < -0.3 is 16.2 Å². The van der Waals surface area contributed by atoms with Crippen molar-refractivity contribution in [2.75, 3.05) is 0 Å². The van der Waals surface area contributed by atoms with Gasteiger partial charge in [-0.05, 0) is 25.2 Å². The van der Waals surface area contributed by atoms with E-state index in [0.29, 0.717) is 6.42 Å². The van der Waals surface area contributed by atoms with Crippen molar-refractivity contribution >= 4 is 11.9 Å². The third-order valence-electron chi connectivity index (χ3n) is 4.55. The second-order valence-electron chi connectivity index (χ2n) is 7.27. The Morgan fingerprint density at radius 3 is 2.50 bits per heavy atom. The highest BCUT2D eigenvalue weighted by Crippen LogP contribution is 2.36. The molecule has 116 valence electrons. The van der Waals surface area contributed by atoms with Crippen LogP contribution in [-0.2, 0) is 9.59 Å². The lowest BCUT2D eigenvalue weighted by atomic mass is 9.71. The quantitative estimate of drug-likeness (QED) is 0.735. The topological polar surface area (TPSA) is 92.4 Å². The van der Waals surface area contributed by atoms with Gasteiger partial charge in [-0.3, -0.25) is 9.59 Å². The second-order valence-corrected chi connectivity index (χ2v) is 7.27. The molecule has 3 atom stereocenters. The maximum absolute atomic E-state index is 12.1. The fraction of sp³-hybridized carbons (Fsp3) is 0.867. The van der Waals surface area contributed by atoms with Gasteiger partial charge in [0.05, 0.1) is 5.41 Å². The Labute approximate surface area is 121 Å². The first-order valence-electron chi connectivity index (χ1n) is 7.35. The first-order chi connectivity index (χ1) is 9.07. The summed E-state index contributed by atoms with van der Waals surface area (Å²) in [4.78, 5) is 23.6. The molecule has 0 saturated heterocycles. The Morgan fingerprint density at radius 2 is 2.00 bits per heavy atom. The molecule has 0 aromatic heterocycles. The van der Waals surface area contributed by atoms with E-state index in [-0.39, 0.29) is 29.8 Å². The largest absolute Gasteiger partial charge is 0.481 e. The normalized spacial score (nSPS) is 28.8. The fourth-order valence-corrected chi connectivity index (χ4v) is 2.58. The number of carbonyl (C=O) groups is 2. The molecule has 1 fully saturated rings. The summed E-state index contributed by atoms with van der Waals surface area (Å²) in [5.41, 5.74) is 5.01. The summed E-state index contributed by atoms with van der Waals surface area (Å²) in [5, 5.41) is 12.3. The summed E-state index contributed by atoms with van der Waals surface area (Å²) in [6.07, 6.45) is 3.42. The fourth-order valence-electron chi connectivity index (χ4n) is 2.58. The van der Waals surface area contributed by atoms with Crippen LogP contribution in [0.4, 0.5) is 0 Å². The zero-order valence-corrected chi connectivity index (χ0v) is 13.0. The van der Waals surface area contributed by atoms with Crippen LogP contribution < -0.4 is 11.1 Å². The molecule has 1 aliphatic carbocycles. The van der Waals surface area contributed by atoms with Gasteiger partial charge in [0.25, 0.3) is 0 Å². The minimum absolute atomic E-state index is 0.139. The summed E-state index contributed by atoms with van der Waals surface area (Å²) in [6.45, 7) is 7.70. The number of aliphatic carboxylic acids is 1. The third kappa shape index (κ3) is 3.95. The van der Waals surface area contributed by atoms with Gasteiger partial charge in [0.1, 0.15) is 0 Å². The van der Waals surface area contributed by atoms with Crippen LogP contribution >= 0.6 is 0 Å². The summed E-state index contributed by atoms with van der Waals surface area (Å²) in [6, 6.07) is -0.532. The number of hydrogen-bond donors (Lipinski definition) is 3. The number of rotatable bonds is 4. The zero-order chi connectivity index (χ0) is 15.6. The van der Waals surface area contributed by atoms with Gasteiger partial charge in [-0.1, -0.05) is 33.6 Å². The van der Waals surface area contributed by atoms with Crippen molar-refractivity contribution in [3.8, 4) is 0 Å². The Balaban J connectivity index is 2.66. The van der Waals surface area contributed by atoms with Gasteiger partial charge in [0.2, 0.25) is 5.91 Å². The molecule has 1 saturated carbocycles. The van der Waals surface area contributed by atoms with E-state index >= 15 is 0 Å². The van der Waals surface area contributed by atoms with Crippen molar-refractivity contribution in [2.45, 2.75) is 71.9 Å². The standard InChI is InChI=1S/C15H28N2O3/c1-14(2,3)10(16)9-12(18)17-11-7-5-6-8-15(11,4)13(19)20/h10-11H,5-9,16H2,1-4H3,(H,17,18)(H,19,20). The maximum atomic E-state index is 12.1. The molecule has 0 aromatic carbocycles. The number of carbonyl (C=O) groups excluding carboxylic acids is 1. The number of nitrogens with two attached hydrogens (primary N) is 1. The molecular formula is C15H28N2O3. The van der Waals surface area contributed by atoms with E-state index < -0.39 is 11.4 Å². The molecule has 20 heavy (non-hydrogen) atoms. The molecule has 1 rings (SSSR count). The molecule has 0 spiro atoms. The number of hydrogen-bond acceptors (Lipinski definition) is 3. The van der Waals surface area contributed by atoms with Crippen LogP contribution in [-0.4, -0.2) is 29.1 Å². The smallest absolute Gasteiger partial charge is 0.311 e. The lowest BCUT2D eigenvalue weighted by molar-refractivity contribution is -0.152. The van der Waals surface area contributed by atoms with Crippen LogP contribution in [0.15, 0.2) is 0 Å². The van der Waals surface area contributed by atoms with E-state index in [4.69, 9.17) is 5.73 Å². The Kier molecular flexibility index (Phi) is 5.19. The van der Waals surface area contributed by atoms with E-state index in [9.17, 15) is 14.7 Å². The molecule has 0 heterocycles. The third-order valence-corrected chi connectivity index (χ3v) is 4.55. The molecule has 5 heteroatoms. The minimum Gasteiger partial charge on any atom is -0.481 e. The Morgan fingerprint density at radius 1 is 1.40 bits per heavy atom. The van der Waals surface area contributed by atoms with E-state index in [1.165, 1.54) is 0 Å². The molecule has 3 unspecified atom stereocenters. The van der Waals surface area contributed by atoms with Crippen molar-refractivity contribution in [2.24, 2.45) is 16.6 Å². The van der Waals surface area contributed by atoms with Crippen molar-refractivity contribution in [1.82, 2.24) is 5.32 Å². The average Bonchev–Trinajstić information content (AvgIpc) is 2.30. The van der Waals surface area contributed by atoms with E-state index in [1.807, 2.05) is 20.8 Å². The summed E-state index contributed by atoms with van der Waals surface area (Å²) in [5.74, 6) is -0.977. The Bertz CT molecular complexity index is 376. The zero-order valence-electron chi connectivity index (χ0n) is 13.0. The summed E-state index contributed by atoms with van der Waals surface area (Å²) < 4.78 is 0. The Hall–Kier alpha value is -1.10. The molecule has 5 nitrogen and oxygen atoms in total. The van der Waals surface area contributed by atoms with Gasteiger partial charge in [-0.2, -0.15) is 0 Å². The lowest BCUT2D eigenvalue weighted by Crippen LogP contribution is -2.53.